The van der Waals surface area contributed by atoms with Crippen molar-refractivity contribution in [1.29, 1.82) is 0 Å². The topological polar surface area (TPSA) is 81.2 Å². The van der Waals surface area contributed by atoms with E-state index in [2.05, 4.69) is 47.8 Å². The van der Waals surface area contributed by atoms with Gasteiger partial charge in [-0.05, 0) is 51.4 Å². The predicted octanol–water partition coefficient (Wildman–Crippen LogP) is 4.50. The third-order valence-electron chi connectivity index (χ3n) is 8.68. The van der Waals surface area contributed by atoms with Crippen molar-refractivity contribution in [1.82, 2.24) is 14.7 Å². The molecule has 0 aliphatic carbocycles. The molecule has 39 heavy (non-hydrogen) atoms. The molecule has 3 fully saturated rings. The molecule has 2 bridgehead atoms. The molecule has 3 heterocycles. The van der Waals surface area contributed by atoms with E-state index in [-0.39, 0.29) is 35.0 Å². The molecule has 0 aromatic heterocycles. The molecule has 1 spiro atoms. The molecule has 5 atom stereocenters. The van der Waals surface area contributed by atoms with Gasteiger partial charge in [-0.15, -0.1) is 24.9 Å². The van der Waals surface area contributed by atoms with E-state index in [1.165, 1.54) is 0 Å². The van der Waals surface area contributed by atoms with Crippen LogP contribution in [0.25, 0.3) is 0 Å². The molecule has 3 aliphatic heterocycles. The number of amides is 3. The number of unbranched alkanes of at least 4 members (excludes halogenated alkanes) is 3. The van der Waals surface area contributed by atoms with Crippen LogP contribution >= 0.6 is 11.8 Å². The number of fused-ring (bicyclic) bond motifs is 1. The van der Waals surface area contributed by atoms with Gasteiger partial charge in [-0.2, -0.15) is 0 Å². The van der Waals surface area contributed by atoms with E-state index in [1.54, 1.807) is 35.9 Å². The van der Waals surface area contributed by atoms with Crippen LogP contribution in [0.3, 0.4) is 0 Å². The molecule has 8 heteroatoms. The third-order valence-corrected chi connectivity index (χ3v) is 10.6. The SMILES string of the molecule is C=CCN(C)C(=O)[C@@H]1[C@H]2C(=O)N(CCCCCCO)C(C(=O)N(CC=C)C(C)(C)CC(C)(C)C)C23CC[C@H]1S3. The monoisotopic (exact) mass is 561 g/mol. The van der Waals surface area contributed by atoms with Crippen LogP contribution in [0.15, 0.2) is 25.3 Å². The van der Waals surface area contributed by atoms with E-state index in [0.717, 1.165) is 44.9 Å². The van der Waals surface area contributed by atoms with Crippen LogP contribution in [0, 0.1) is 17.3 Å². The Morgan fingerprint density at radius 3 is 2.31 bits per heavy atom. The van der Waals surface area contributed by atoms with E-state index in [9.17, 15) is 19.5 Å². The third kappa shape index (κ3) is 6.27. The first-order valence-corrected chi connectivity index (χ1v) is 15.5. The summed E-state index contributed by atoms with van der Waals surface area (Å²) in [5.41, 5.74) is -0.426. The molecule has 0 aromatic rings. The Morgan fingerprint density at radius 2 is 1.72 bits per heavy atom. The lowest BCUT2D eigenvalue weighted by molar-refractivity contribution is -0.147. The first-order valence-electron chi connectivity index (χ1n) is 14.6. The highest BCUT2D eigenvalue weighted by Crippen LogP contribution is 2.66. The van der Waals surface area contributed by atoms with Crippen molar-refractivity contribution in [3.05, 3.63) is 25.3 Å². The number of carbonyl (C=O) groups excluding carboxylic acids is 3. The zero-order valence-electron chi connectivity index (χ0n) is 25.1. The van der Waals surface area contributed by atoms with Crippen LogP contribution in [-0.2, 0) is 14.4 Å². The molecule has 3 amide bonds. The number of nitrogens with zero attached hydrogens (tertiary/aromatic N) is 3. The van der Waals surface area contributed by atoms with Gasteiger partial charge < -0.3 is 19.8 Å². The maximum atomic E-state index is 14.7. The van der Waals surface area contributed by atoms with Gasteiger partial charge in [0.2, 0.25) is 17.7 Å². The van der Waals surface area contributed by atoms with Crippen LogP contribution in [-0.4, -0.2) is 92.4 Å². The lowest BCUT2D eigenvalue weighted by Gasteiger charge is -2.46. The van der Waals surface area contributed by atoms with E-state index >= 15 is 0 Å². The van der Waals surface area contributed by atoms with Gasteiger partial charge in [0.25, 0.3) is 0 Å². The number of aliphatic hydroxyl groups is 1. The summed E-state index contributed by atoms with van der Waals surface area (Å²) in [6.07, 6.45) is 9.19. The van der Waals surface area contributed by atoms with Crippen molar-refractivity contribution in [3.63, 3.8) is 0 Å². The van der Waals surface area contributed by atoms with Crippen molar-refractivity contribution in [2.45, 2.75) is 101 Å². The lowest BCUT2D eigenvalue weighted by atomic mass is 9.70. The fourth-order valence-corrected chi connectivity index (χ4v) is 9.75. The minimum absolute atomic E-state index is 0.00965. The maximum Gasteiger partial charge on any atom is 0.247 e. The van der Waals surface area contributed by atoms with Crippen molar-refractivity contribution < 1.29 is 19.5 Å². The molecular weight excluding hydrogens is 510 g/mol. The van der Waals surface area contributed by atoms with E-state index in [4.69, 9.17) is 0 Å². The van der Waals surface area contributed by atoms with Crippen molar-refractivity contribution in [2.24, 2.45) is 17.3 Å². The van der Waals surface area contributed by atoms with Gasteiger partial charge in [0.15, 0.2) is 0 Å². The summed E-state index contributed by atoms with van der Waals surface area (Å²) in [5, 5.41) is 9.23. The number of carbonyl (C=O) groups is 3. The number of aliphatic hydroxyl groups excluding tert-OH is 1. The van der Waals surface area contributed by atoms with Gasteiger partial charge in [0.1, 0.15) is 6.04 Å². The second-order valence-corrected chi connectivity index (χ2v) is 15.1. The van der Waals surface area contributed by atoms with Gasteiger partial charge in [0, 0.05) is 44.1 Å². The summed E-state index contributed by atoms with van der Waals surface area (Å²) in [6, 6.07) is -0.593. The number of rotatable bonds is 14. The zero-order chi connectivity index (χ0) is 29.2. The van der Waals surface area contributed by atoms with E-state index in [1.807, 2.05) is 9.80 Å². The standard InChI is InChI=1S/C31H51N3O4S/c1-9-17-32(8)26(36)23-22-15-16-31(39-22)24(23)27(37)33(19-13-11-12-14-20-35)25(31)28(38)34(18-10-2)30(6,7)21-29(3,4)5/h9-10,22-25,35H,1-2,11-21H2,3-8H3/t22-,23+,24+,25?,31?/m1/s1. The van der Waals surface area contributed by atoms with E-state index in [0.29, 0.717) is 19.6 Å². The van der Waals surface area contributed by atoms with Gasteiger partial charge in [-0.1, -0.05) is 45.8 Å². The number of likely N-dealkylation sites (tertiary alicyclic amines) is 1. The fourth-order valence-electron chi connectivity index (χ4n) is 7.55. The summed E-state index contributed by atoms with van der Waals surface area (Å²) < 4.78 is -0.587. The Labute approximate surface area is 240 Å². The summed E-state index contributed by atoms with van der Waals surface area (Å²) in [4.78, 5) is 48.1. The average Bonchev–Trinajstić information content (AvgIpc) is 3.47. The zero-order valence-corrected chi connectivity index (χ0v) is 25.9. The molecule has 2 unspecified atom stereocenters. The van der Waals surface area contributed by atoms with Gasteiger partial charge in [0.05, 0.1) is 16.6 Å². The number of thioether (sulfide) groups is 1. The Balaban J connectivity index is 2.02. The van der Waals surface area contributed by atoms with Gasteiger partial charge in [-0.25, -0.2) is 0 Å². The van der Waals surface area contributed by atoms with Gasteiger partial charge in [-0.3, -0.25) is 14.4 Å². The Morgan fingerprint density at radius 1 is 1.08 bits per heavy atom. The summed E-state index contributed by atoms with van der Waals surface area (Å²) in [5.74, 6) is -0.965. The fraction of sp³-hybridized carbons (Fsp3) is 0.774. The summed E-state index contributed by atoms with van der Waals surface area (Å²) in [6.45, 7) is 20.0. The average molecular weight is 562 g/mol. The lowest BCUT2D eigenvalue weighted by Crippen LogP contribution is -2.60. The molecule has 3 aliphatic rings. The highest BCUT2D eigenvalue weighted by molar-refractivity contribution is 8.02. The van der Waals surface area contributed by atoms with Crippen LogP contribution in [0.5, 0.6) is 0 Å². The molecule has 0 aromatic carbocycles. The molecule has 3 rings (SSSR count). The Hall–Kier alpha value is -1.80. The molecule has 0 radical (unpaired) electrons. The Kier molecular flexibility index (Phi) is 10.1. The van der Waals surface area contributed by atoms with Crippen molar-refractivity contribution in [2.75, 3.05) is 33.3 Å². The second-order valence-electron chi connectivity index (χ2n) is 13.5. The van der Waals surface area contributed by atoms with Crippen molar-refractivity contribution >= 4 is 29.5 Å². The minimum Gasteiger partial charge on any atom is -0.396 e. The normalized spacial score (nSPS) is 28.0. The molecule has 0 saturated carbocycles. The quantitative estimate of drug-likeness (QED) is 0.249. The molecular formula is C31H51N3O4S. The predicted molar refractivity (Wildman–Crippen MR) is 159 cm³/mol. The highest BCUT2D eigenvalue weighted by atomic mass is 32.2. The van der Waals surface area contributed by atoms with Crippen LogP contribution in [0.1, 0.15) is 79.6 Å². The van der Waals surface area contributed by atoms with Crippen LogP contribution in [0.2, 0.25) is 0 Å². The Bertz CT molecular complexity index is 945. The molecule has 3 saturated heterocycles. The summed E-state index contributed by atoms with van der Waals surface area (Å²) in [7, 11) is 1.77. The van der Waals surface area contributed by atoms with Crippen LogP contribution in [0.4, 0.5) is 0 Å². The van der Waals surface area contributed by atoms with Crippen LogP contribution < -0.4 is 0 Å². The van der Waals surface area contributed by atoms with E-state index < -0.39 is 28.2 Å². The van der Waals surface area contributed by atoms with Crippen molar-refractivity contribution in [3.8, 4) is 0 Å². The smallest absolute Gasteiger partial charge is 0.247 e. The number of hydrogen-bond acceptors (Lipinski definition) is 5. The number of hydrogen-bond donors (Lipinski definition) is 1. The minimum atomic E-state index is -0.593. The largest absolute Gasteiger partial charge is 0.396 e. The number of likely N-dealkylation sites (N-methyl/N-ethyl adjacent to an activating group) is 1. The molecule has 7 nitrogen and oxygen atoms in total. The molecule has 1 N–H and O–H groups in total. The first kappa shape index (κ1) is 31.7. The molecule has 220 valence electrons. The maximum absolute atomic E-state index is 14.7. The second kappa shape index (κ2) is 12.4. The highest BCUT2D eigenvalue weighted by Gasteiger charge is 2.74. The first-order chi connectivity index (χ1) is 18.3. The summed E-state index contributed by atoms with van der Waals surface area (Å²) >= 11 is 1.73. The van der Waals surface area contributed by atoms with Gasteiger partial charge >= 0.3 is 0 Å².